The zero-order chi connectivity index (χ0) is 25.9. The topological polar surface area (TPSA) is 54.4 Å². The number of hydrazone groups is 1. The lowest BCUT2D eigenvalue weighted by molar-refractivity contribution is -0.108. The maximum Gasteiger partial charge on any atom is 0.431 e. The summed E-state index contributed by atoms with van der Waals surface area (Å²) in [7, 11) is 0. The summed E-state index contributed by atoms with van der Waals surface area (Å²) in [5, 5.41) is 5.07. The second-order valence-corrected chi connectivity index (χ2v) is 8.93. The van der Waals surface area contributed by atoms with Gasteiger partial charge in [0.2, 0.25) is 0 Å². The van der Waals surface area contributed by atoms with E-state index in [1.165, 1.54) is 18.0 Å². The van der Waals surface area contributed by atoms with Crippen molar-refractivity contribution in [1.29, 1.82) is 0 Å². The number of ether oxygens (including phenoxy) is 2. The fraction of sp³-hybridized carbons (Fsp3) is 0.462. The second-order valence-electron chi connectivity index (χ2n) is 8.93. The zero-order valence-electron chi connectivity index (χ0n) is 20.2. The highest BCUT2D eigenvalue weighted by molar-refractivity contribution is 5.95. The van der Waals surface area contributed by atoms with E-state index in [0.717, 1.165) is 0 Å². The number of aldehydes is 1. The van der Waals surface area contributed by atoms with Crippen LogP contribution in [0, 0.1) is 11.7 Å². The minimum atomic E-state index is -4.56. The van der Waals surface area contributed by atoms with Crippen LogP contribution in [0.1, 0.15) is 33.1 Å². The van der Waals surface area contributed by atoms with E-state index in [1.807, 2.05) is 11.8 Å². The van der Waals surface area contributed by atoms with Gasteiger partial charge >= 0.3 is 6.18 Å². The Balaban J connectivity index is 1.39. The molecule has 194 valence electrons. The first-order chi connectivity index (χ1) is 17.2. The summed E-state index contributed by atoms with van der Waals surface area (Å²) >= 11 is 0. The van der Waals surface area contributed by atoms with Crippen LogP contribution in [-0.2, 0) is 4.79 Å². The van der Waals surface area contributed by atoms with Crippen LogP contribution in [0.4, 0.5) is 28.9 Å². The fourth-order valence-electron chi connectivity index (χ4n) is 4.72. The number of nitrogens with zero attached hydrogens (tertiary/aromatic N) is 3. The quantitative estimate of drug-likeness (QED) is 0.344. The third-order valence-corrected chi connectivity index (χ3v) is 6.58. The lowest BCUT2D eigenvalue weighted by Gasteiger charge is -2.34. The lowest BCUT2D eigenvalue weighted by Crippen LogP contribution is -2.38. The molecule has 10 heteroatoms. The van der Waals surface area contributed by atoms with Crippen LogP contribution >= 0.6 is 0 Å². The number of benzene rings is 2. The minimum Gasteiger partial charge on any atom is -0.494 e. The Bertz CT molecular complexity index is 1080. The van der Waals surface area contributed by atoms with Gasteiger partial charge in [0.1, 0.15) is 35.4 Å². The molecular weight excluding hydrogens is 478 g/mol. The molecule has 0 saturated carbocycles. The second kappa shape index (κ2) is 10.8. The normalized spacial score (nSPS) is 20.9. The smallest absolute Gasteiger partial charge is 0.431 e. The maximum absolute atomic E-state index is 14.4. The van der Waals surface area contributed by atoms with Gasteiger partial charge < -0.3 is 19.2 Å². The number of halogens is 4. The van der Waals surface area contributed by atoms with E-state index in [1.54, 1.807) is 36.4 Å². The van der Waals surface area contributed by atoms with Gasteiger partial charge in [0, 0.05) is 44.3 Å². The molecule has 0 aromatic heterocycles. The first-order valence-corrected chi connectivity index (χ1v) is 12.0. The lowest BCUT2D eigenvalue weighted by atomic mass is 9.95. The highest BCUT2D eigenvalue weighted by atomic mass is 19.4. The summed E-state index contributed by atoms with van der Waals surface area (Å²) in [5.41, 5.74) is 0.0803. The molecule has 1 fully saturated rings. The largest absolute Gasteiger partial charge is 0.494 e. The van der Waals surface area contributed by atoms with E-state index in [4.69, 9.17) is 9.47 Å². The standard InChI is InChI=1S/C26H29F4N3O3/c1-3-35-21-8-9-22(27)24(16-21)32-13-10-20(11-14-32)36-19-6-4-18(5-7-19)33-23(12-15-34)17(2)25(31-33)26(28,29)30/h4-9,15-17,20,23H,3,10-14H2,1-2H3/t17?,23-/m0/s1. The molecule has 2 aliphatic heterocycles. The van der Waals surface area contributed by atoms with E-state index in [2.05, 4.69) is 5.10 Å². The Morgan fingerprint density at radius 3 is 2.36 bits per heavy atom. The van der Waals surface area contributed by atoms with Crippen molar-refractivity contribution in [2.75, 3.05) is 29.6 Å². The van der Waals surface area contributed by atoms with Crippen molar-refractivity contribution in [1.82, 2.24) is 0 Å². The Labute approximate surface area is 207 Å². The molecule has 2 atom stereocenters. The van der Waals surface area contributed by atoms with Gasteiger partial charge in [0.05, 0.1) is 24.0 Å². The van der Waals surface area contributed by atoms with Crippen molar-refractivity contribution >= 4 is 23.4 Å². The molecule has 2 aliphatic rings. The average Bonchev–Trinajstić information content (AvgIpc) is 3.18. The van der Waals surface area contributed by atoms with Crippen LogP contribution in [0.3, 0.4) is 0 Å². The number of anilines is 2. The van der Waals surface area contributed by atoms with Crippen molar-refractivity contribution in [3.8, 4) is 11.5 Å². The van der Waals surface area contributed by atoms with Crippen LogP contribution in [0.15, 0.2) is 47.6 Å². The van der Waals surface area contributed by atoms with Crippen molar-refractivity contribution < 1.29 is 31.8 Å². The van der Waals surface area contributed by atoms with E-state index in [-0.39, 0.29) is 18.3 Å². The van der Waals surface area contributed by atoms with Gasteiger partial charge in [-0.3, -0.25) is 5.01 Å². The molecule has 0 aliphatic carbocycles. The summed E-state index contributed by atoms with van der Waals surface area (Å²) < 4.78 is 66.0. The van der Waals surface area contributed by atoms with Crippen LogP contribution in [-0.4, -0.2) is 50.0 Å². The third-order valence-electron chi connectivity index (χ3n) is 6.58. The van der Waals surface area contributed by atoms with Gasteiger partial charge in [-0.25, -0.2) is 4.39 Å². The first kappa shape index (κ1) is 25.8. The summed E-state index contributed by atoms with van der Waals surface area (Å²) in [6.07, 6.45) is -2.70. The maximum atomic E-state index is 14.4. The molecule has 0 N–H and O–H groups in total. The van der Waals surface area contributed by atoms with Crippen LogP contribution in [0.2, 0.25) is 0 Å². The molecule has 2 aromatic carbocycles. The molecule has 1 saturated heterocycles. The number of carbonyl (C=O) groups excluding carboxylic acids is 1. The monoisotopic (exact) mass is 507 g/mol. The van der Waals surface area contributed by atoms with Crippen LogP contribution < -0.4 is 19.4 Å². The summed E-state index contributed by atoms with van der Waals surface area (Å²) in [5.74, 6) is -0.00741. The van der Waals surface area contributed by atoms with Gasteiger partial charge in [0.25, 0.3) is 0 Å². The van der Waals surface area contributed by atoms with E-state index >= 15 is 0 Å². The number of alkyl halides is 3. The minimum absolute atomic E-state index is 0.0604. The molecule has 0 radical (unpaired) electrons. The Morgan fingerprint density at radius 1 is 1.08 bits per heavy atom. The molecule has 0 bridgehead atoms. The number of carbonyl (C=O) groups is 1. The summed E-state index contributed by atoms with van der Waals surface area (Å²) in [4.78, 5) is 13.1. The summed E-state index contributed by atoms with van der Waals surface area (Å²) in [6.45, 7) is 5.04. The predicted molar refractivity (Wildman–Crippen MR) is 129 cm³/mol. The van der Waals surface area contributed by atoms with Crippen LogP contribution in [0.5, 0.6) is 11.5 Å². The molecule has 1 unspecified atom stereocenters. The number of hydrogen-bond acceptors (Lipinski definition) is 6. The molecule has 2 heterocycles. The van der Waals surface area contributed by atoms with Gasteiger partial charge in [-0.05, 0) is 43.3 Å². The molecule has 0 spiro atoms. The SMILES string of the molecule is CCOc1ccc(F)c(N2CCC(Oc3ccc(N4N=C(C(F)(F)F)C(C)[C@@H]4CC=O)cc3)CC2)c1. The Hall–Kier alpha value is -3.30. The molecule has 4 rings (SSSR count). The highest BCUT2D eigenvalue weighted by Crippen LogP contribution is 2.37. The van der Waals surface area contributed by atoms with E-state index in [0.29, 0.717) is 61.7 Å². The first-order valence-electron chi connectivity index (χ1n) is 12.0. The summed E-state index contributed by atoms with van der Waals surface area (Å²) in [6, 6.07) is 10.7. The van der Waals surface area contributed by atoms with Crippen molar-refractivity contribution in [3.05, 3.63) is 48.3 Å². The van der Waals surface area contributed by atoms with Gasteiger partial charge in [-0.15, -0.1) is 0 Å². The fourth-order valence-corrected chi connectivity index (χ4v) is 4.72. The predicted octanol–water partition coefficient (Wildman–Crippen LogP) is 5.60. The molecular formula is C26H29F4N3O3. The molecule has 6 nitrogen and oxygen atoms in total. The van der Waals surface area contributed by atoms with Gasteiger partial charge in [-0.2, -0.15) is 18.3 Å². The van der Waals surface area contributed by atoms with Gasteiger partial charge in [0.15, 0.2) is 0 Å². The number of rotatable bonds is 8. The van der Waals surface area contributed by atoms with Gasteiger partial charge in [-0.1, -0.05) is 6.92 Å². The number of piperidine rings is 1. The Kier molecular flexibility index (Phi) is 7.70. The van der Waals surface area contributed by atoms with E-state index in [9.17, 15) is 22.4 Å². The van der Waals surface area contributed by atoms with Crippen LogP contribution in [0.25, 0.3) is 0 Å². The number of hydrogen-bond donors (Lipinski definition) is 0. The highest BCUT2D eigenvalue weighted by Gasteiger charge is 2.48. The van der Waals surface area contributed by atoms with Crippen molar-refractivity contribution in [2.24, 2.45) is 11.0 Å². The third kappa shape index (κ3) is 5.57. The average molecular weight is 508 g/mol. The molecule has 2 aromatic rings. The molecule has 36 heavy (non-hydrogen) atoms. The zero-order valence-corrected chi connectivity index (χ0v) is 20.2. The van der Waals surface area contributed by atoms with Crippen molar-refractivity contribution in [2.45, 2.75) is 51.4 Å². The van der Waals surface area contributed by atoms with Crippen molar-refractivity contribution in [3.63, 3.8) is 0 Å². The Morgan fingerprint density at radius 2 is 1.75 bits per heavy atom. The molecule has 0 amide bonds. The van der Waals surface area contributed by atoms with E-state index < -0.39 is 23.8 Å².